The fourth-order valence-electron chi connectivity index (χ4n) is 1.87. The van der Waals surface area contributed by atoms with Gasteiger partial charge in [-0.05, 0) is 36.3 Å². The number of thiophene rings is 1. The molecule has 1 aliphatic rings. The molecule has 5 heteroatoms. The van der Waals surface area contributed by atoms with Gasteiger partial charge in [-0.2, -0.15) is 0 Å². The maximum atomic E-state index is 11.1. The minimum atomic E-state index is -3.09. The molecule has 1 aromatic heterocycles. The Kier molecular flexibility index (Phi) is 2.64. The van der Waals surface area contributed by atoms with E-state index in [0.717, 1.165) is 19.3 Å². The Morgan fingerprint density at radius 2 is 2.36 bits per heavy atom. The van der Waals surface area contributed by atoms with Crippen LogP contribution in [0, 0.1) is 0 Å². The lowest BCUT2D eigenvalue weighted by Crippen LogP contribution is -2.29. The summed E-state index contributed by atoms with van der Waals surface area (Å²) in [5, 5.41) is 2.03. The molecular formula is C9H13NO2S2. The van der Waals surface area contributed by atoms with Crippen molar-refractivity contribution in [3.05, 3.63) is 21.9 Å². The molecule has 1 unspecified atom stereocenters. The maximum absolute atomic E-state index is 11.1. The summed E-state index contributed by atoms with van der Waals surface area (Å²) in [6.07, 6.45) is 4.29. The Hall–Kier alpha value is -0.390. The van der Waals surface area contributed by atoms with Gasteiger partial charge in [-0.25, -0.2) is 13.1 Å². The highest BCUT2D eigenvalue weighted by Crippen LogP contribution is 2.33. The van der Waals surface area contributed by atoms with Gasteiger partial charge in [0.05, 0.1) is 6.26 Å². The lowest BCUT2D eigenvalue weighted by molar-refractivity contribution is 0.514. The third kappa shape index (κ3) is 2.16. The molecule has 0 saturated carbocycles. The van der Waals surface area contributed by atoms with Gasteiger partial charge in [-0.1, -0.05) is 0 Å². The van der Waals surface area contributed by atoms with Crippen LogP contribution in [-0.4, -0.2) is 14.7 Å². The van der Waals surface area contributed by atoms with Crippen molar-refractivity contribution in [2.45, 2.75) is 25.3 Å². The van der Waals surface area contributed by atoms with Crippen LogP contribution in [0.4, 0.5) is 0 Å². The maximum Gasteiger partial charge on any atom is 0.209 e. The number of aryl methyl sites for hydroxylation is 1. The summed E-state index contributed by atoms with van der Waals surface area (Å²) in [5.74, 6) is 0. The Labute approximate surface area is 88.2 Å². The smallest absolute Gasteiger partial charge is 0.209 e. The highest BCUT2D eigenvalue weighted by Gasteiger charge is 2.23. The number of sulfonamides is 1. The fraction of sp³-hybridized carbons (Fsp3) is 0.556. The average Bonchev–Trinajstić information content (AvgIpc) is 2.49. The predicted octanol–water partition coefficient (Wildman–Crippen LogP) is 1.67. The van der Waals surface area contributed by atoms with Gasteiger partial charge in [0.25, 0.3) is 0 Å². The molecule has 1 heterocycles. The van der Waals surface area contributed by atoms with Crippen molar-refractivity contribution < 1.29 is 8.42 Å². The van der Waals surface area contributed by atoms with Crippen LogP contribution in [0.1, 0.15) is 29.3 Å². The molecular weight excluding hydrogens is 218 g/mol. The molecule has 0 saturated heterocycles. The van der Waals surface area contributed by atoms with Crippen LogP contribution in [0.25, 0.3) is 0 Å². The summed E-state index contributed by atoms with van der Waals surface area (Å²) in [4.78, 5) is 1.33. The first-order valence-corrected chi connectivity index (χ1v) is 7.37. The van der Waals surface area contributed by atoms with Gasteiger partial charge in [0, 0.05) is 10.9 Å². The molecule has 0 aliphatic heterocycles. The van der Waals surface area contributed by atoms with Gasteiger partial charge >= 0.3 is 0 Å². The van der Waals surface area contributed by atoms with Crippen LogP contribution < -0.4 is 4.72 Å². The Bertz CT molecular complexity index is 422. The van der Waals surface area contributed by atoms with Crippen molar-refractivity contribution >= 4 is 21.4 Å². The van der Waals surface area contributed by atoms with E-state index in [0.29, 0.717) is 0 Å². The third-order valence-electron chi connectivity index (χ3n) is 2.41. The Morgan fingerprint density at radius 1 is 1.57 bits per heavy atom. The highest BCUT2D eigenvalue weighted by atomic mass is 32.2. The number of hydrogen-bond acceptors (Lipinski definition) is 3. The summed E-state index contributed by atoms with van der Waals surface area (Å²) >= 11 is 1.72. The van der Waals surface area contributed by atoms with E-state index in [1.54, 1.807) is 11.3 Å². The van der Waals surface area contributed by atoms with Gasteiger partial charge in [0.1, 0.15) is 0 Å². The van der Waals surface area contributed by atoms with Crippen LogP contribution in [-0.2, 0) is 16.4 Å². The summed E-state index contributed by atoms with van der Waals surface area (Å²) in [5.41, 5.74) is 1.17. The summed E-state index contributed by atoms with van der Waals surface area (Å²) in [7, 11) is -3.09. The van der Waals surface area contributed by atoms with Crippen LogP contribution in [0.2, 0.25) is 0 Å². The van der Waals surface area contributed by atoms with Gasteiger partial charge in [0.15, 0.2) is 0 Å². The summed E-state index contributed by atoms with van der Waals surface area (Å²) in [6.45, 7) is 0. The van der Waals surface area contributed by atoms with Crippen molar-refractivity contribution in [2.24, 2.45) is 0 Å². The quantitative estimate of drug-likeness (QED) is 0.841. The van der Waals surface area contributed by atoms with Gasteiger partial charge in [-0.15, -0.1) is 11.3 Å². The first-order valence-electron chi connectivity index (χ1n) is 4.60. The van der Waals surface area contributed by atoms with E-state index in [-0.39, 0.29) is 6.04 Å². The SMILES string of the molecule is CS(=O)(=O)NC1CCCc2sccc21. The molecule has 1 aliphatic carbocycles. The van der Waals surface area contributed by atoms with E-state index >= 15 is 0 Å². The van der Waals surface area contributed by atoms with E-state index in [9.17, 15) is 8.42 Å². The number of hydrogen-bond donors (Lipinski definition) is 1. The zero-order valence-corrected chi connectivity index (χ0v) is 9.62. The molecule has 14 heavy (non-hydrogen) atoms. The lowest BCUT2D eigenvalue weighted by atomic mass is 9.95. The number of rotatable bonds is 2. The molecule has 0 amide bonds. The molecule has 1 atom stereocenters. The van der Waals surface area contributed by atoms with Crippen molar-refractivity contribution in [3.8, 4) is 0 Å². The first-order chi connectivity index (χ1) is 6.56. The van der Waals surface area contributed by atoms with Gasteiger partial charge in [-0.3, -0.25) is 0 Å². The Balaban J connectivity index is 2.25. The topological polar surface area (TPSA) is 46.2 Å². The second kappa shape index (κ2) is 3.64. The normalized spacial score (nSPS) is 21.9. The van der Waals surface area contributed by atoms with E-state index in [2.05, 4.69) is 4.72 Å². The largest absolute Gasteiger partial charge is 0.213 e. The molecule has 0 radical (unpaired) electrons. The molecule has 1 N–H and O–H groups in total. The molecule has 0 bridgehead atoms. The molecule has 0 spiro atoms. The predicted molar refractivity (Wildman–Crippen MR) is 58.0 cm³/mol. The minimum absolute atomic E-state index is 0.000000000000000666. The second-order valence-electron chi connectivity index (χ2n) is 3.63. The van der Waals surface area contributed by atoms with Crippen LogP contribution >= 0.6 is 11.3 Å². The zero-order chi connectivity index (χ0) is 10.2. The van der Waals surface area contributed by atoms with E-state index in [4.69, 9.17) is 0 Å². The van der Waals surface area contributed by atoms with Gasteiger partial charge in [0.2, 0.25) is 10.0 Å². The molecule has 78 valence electrons. The second-order valence-corrected chi connectivity index (χ2v) is 6.41. The van der Waals surface area contributed by atoms with Crippen molar-refractivity contribution in [1.82, 2.24) is 4.72 Å². The average molecular weight is 231 g/mol. The van der Waals surface area contributed by atoms with Crippen molar-refractivity contribution in [1.29, 1.82) is 0 Å². The molecule has 3 nitrogen and oxygen atoms in total. The molecule has 0 fully saturated rings. The first kappa shape index (κ1) is 10.1. The lowest BCUT2D eigenvalue weighted by Gasteiger charge is -2.22. The van der Waals surface area contributed by atoms with E-state index in [1.807, 2.05) is 11.4 Å². The van der Waals surface area contributed by atoms with Gasteiger partial charge < -0.3 is 0 Å². The van der Waals surface area contributed by atoms with E-state index < -0.39 is 10.0 Å². The molecule has 1 aromatic rings. The van der Waals surface area contributed by atoms with Crippen LogP contribution in [0.5, 0.6) is 0 Å². The van der Waals surface area contributed by atoms with Crippen LogP contribution in [0.3, 0.4) is 0 Å². The van der Waals surface area contributed by atoms with Crippen molar-refractivity contribution in [2.75, 3.05) is 6.26 Å². The third-order valence-corrected chi connectivity index (χ3v) is 4.12. The number of nitrogens with one attached hydrogen (secondary N) is 1. The molecule has 0 aromatic carbocycles. The molecule has 2 rings (SSSR count). The van der Waals surface area contributed by atoms with E-state index in [1.165, 1.54) is 16.7 Å². The number of fused-ring (bicyclic) bond motifs is 1. The van der Waals surface area contributed by atoms with Crippen molar-refractivity contribution in [3.63, 3.8) is 0 Å². The van der Waals surface area contributed by atoms with Crippen LogP contribution in [0.15, 0.2) is 11.4 Å². The summed E-state index contributed by atoms with van der Waals surface area (Å²) < 4.78 is 24.9. The highest BCUT2D eigenvalue weighted by molar-refractivity contribution is 7.88. The minimum Gasteiger partial charge on any atom is -0.213 e. The fourth-order valence-corrected chi connectivity index (χ4v) is 3.62. The standard InChI is InChI=1S/C9H13NO2S2/c1-14(11,12)10-8-3-2-4-9-7(8)5-6-13-9/h5-6,8,10H,2-4H2,1H3. The zero-order valence-electron chi connectivity index (χ0n) is 7.99. The summed E-state index contributed by atoms with van der Waals surface area (Å²) in [6, 6.07) is 2.03. The monoisotopic (exact) mass is 231 g/mol. The Morgan fingerprint density at radius 3 is 3.07 bits per heavy atom.